The molecule has 1 unspecified atom stereocenters. The molecule has 0 spiro atoms. The van der Waals surface area contributed by atoms with E-state index in [1.165, 1.54) is 4.90 Å². The molecule has 6 aromatic rings. The second kappa shape index (κ2) is 24.1. The number of carbonyl (C=O) groups is 2. The molecule has 21 heteroatoms. The number of nitrogens with one attached hydrogen (secondary N) is 1. The van der Waals surface area contributed by atoms with Crippen LogP contribution in [0, 0.1) is 12.8 Å². The van der Waals surface area contributed by atoms with E-state index in [4.69, 9.17) is 19.7 Å². The van der Waals surface area contributed by atoms with Crippen LogP contribution in [0.2, 0.25) is 0 Å². The fraction of sp³-hybridized carbons (Fsp3) is 0.525. The van der Waals surface area contributed by atoms with Gasteiger partial charge in [0.05, 0.1) is 52.3 Å². The zero-order valence-corrected chi connectivity index (χ0v) is 48.2. The van der Waals surface area contributed by atoms with Gasteiger partial charge in [-0.15, -0.1) is 21.5 Å². The number of amides is 2. The molecule has 1 aliphatic carbocycles. The number of aromatic hydroxyl groups is 1. The first-order valence-corrected chi connectivity index (χ1v) is 30.3. The van der Waals surface area contributed by atoms with Gasteiger partial charge in [-0.05, 0) is 80.8 Å². The number of aryl methyl sites for hydroxylation is 1. The number of aliphatic hydroxyl groups is 1. The summed E-state index contributed by atoms with van der Waals surface area (Å²) in [4.78, 5) is 52.1. The van der Waals surface area contributed by atoms with Crippen LogP contribution in [-0.4, -0.2) is 177 Å². The minimum absolute atomic E-state index is 0.0828. The van der Waals surface area contributed by atoms with Crippen LogP contribution in [0.5, 0.6) is 11.6 Å². The number of ether oxygens (including phenoxy) is 2. The molecule has 5 aliphatic heterocycles. The summed E-state index contributed by atoms with van der Waals surface area (Å²) < 4.78 is 18.7. The van der Waals surface area contributed by atoms with Gasteiger partial charge in [0, 0.05) is 132 Å². The number of fused-ring (bicyclic) bond motifs is 2. The summed E-state index contributed by atoms with van der Waals surface area (Å²) in [7, 11) is 0. The summed E-state index contributed by atoms with van der Waals surface area (Å²) in [6.07, 6.45) is 7.40. The number of likely N-dealkylation sites (tertiary alicyclic amines) is 1. The average Bonchev–Trinajstić information content (AvgIpc) is 4.35. The first-order valence-electron chi connectivity index (χ1n) is 29.5. The molecular formula is C61H77N13O7S. The molecule has 82 heavy (non-hydrogen) atoms. The molecule has 2 aromatic carbocycles. The maximum atomic E-state index is 14.4. The lowest BCUT2D eigenvalue weighted by Crippen LogP contribution is -2.54. The van der Waals surface area contributed by atoms with E-state index < -0.39 is 18.1 Å². The first kappa shape index (κ1) is 55.6. The molecule has 4 aromatic heterocycles. The number of phenolic OH excluding ortho intramolecular Hbond substituents is 1. The van der Waals surface area contributed by atoms with Gasteiger partial charge in [0.2, 0.25) is 17.7 Å². The zero-order chi connectivity index (χ0) is 56.6. The van der Waals surface area contributed by atoms with Crippen LogP contribution in [-0.2, 0) is 14.3 Å². The van der Waals surface area contributed by atoms with Crippen molar-refractivity contribution in [3.8, 4) is 33.3 Å². The Bertz CT molecular complexity index is 3160. The van der Waals surface area contributed by atoms with Gasteiger partial charge >= 0.3 is 0 Å². The van der Waals surface area contributed by atoms with Gasteiger partial charge in [0.15, 0.2) is 17.4 Å². The van der Waals surface area contributed by atoms with E-state index in [9.17, 15) is 19.8 Å². The van der Waals surface area contributed by atoms with E-state index in [1.807, 2.05) is 87.9 Å². The highest BCUT2D eigenvalue weighted by Crippen LogP contribution is 2.41. The summed E-state index contributed by atoms with van der Waals surface area (Å²) in [6.45, 7) is 17.0. The molecule has 2 amide bonds. The lowest BCUT2D eigenvalue weighted by molar-refractivity contribution is -0.141. The molecule has 0 radical (unpaired) electrons. The molecule has 20 nitrogen and oxygen atoms in total. The van der Waals surface area contributed by atoms with Gasteiger partial charge in [-0.2, -0.15) is 0 Å². The predicted molar refractivity (Wildman–Crippen MR) is 315 cm³/mol. The number of nitrogen functional groups attached to an aromatic ring is 1. The molecule has 2 bridgehead atoms. The molecule has 6 atom stereocenters. The number of nitrogens with two attached hydrogens (primary N) is 1. The Morgan fingerprint density at radius 2 is 1.60 bits per heavy atom. The number of para-hydroxylation sites is 1. The fourth-order valence-electron chi connectivity index (χ4n) is 13.4. The van der Waals surface area contributed by atoms with Crippen molar-refractivity contribution < 1.29 is 33.8 Å². The fourth-order valence-corrected chi connectivity index (χ4v) is 14.2. The number of carbonyl (C=O) groups excluding carboxylic acids is 2. The lowest BCUT2D eigenvalue weighted by atomic mass is 9.91. The maximum absolute atomic E-state index is 14.4. The normalized spacial score (nSPS) is 24.2. The minimum atomic E-state index is -0.804. The van der Waals surface area contributed by atoms with Crippen LogP contribution in [0.1, 0.15) is 94.7 Å². The second-order valence-corrected chi connectivity index (χ2v) is 24.5. The topological polar surface area (TPSA) is 228 Å². The number of piperazine rings is 2. The summed E-state index contributed by atoms with van der Waals surface area (Å²) in [5.74, 6) is 1.11. The highest BCUT2D eigenvalue weighted by atomic mass is 32.1. The second-order valence-electron chi connectivity index (χ2n) is 23.7. The van der Waals surface area contributed by atoms with Crippen LogP contribution in [0.25, 0.3) is 21.7 Å². The van der Waals surface area contributed by atoms with Crippen molar-refractivity contribution in [2.45, 2.75) is 127 Å². The number of hydrogen-bond acceptors (Lipinski definition) is 19. The molecule has 6 fully saturated rings. The number of β-amino-alcohol motifs (C(OH)–C–C–N with tert-alkyl or cyclic N) is 1. The van der Waals surface area contributed by atoms with Gasteiger partial charge in [0.1, 0.15) is 23.8 Å². The van der Waals surface area contributed by atoms with E-state index in [0.717, 1.165) is 136 Å². The molecule has 6 aliphatic rings. The van der Waals surface area contributed by atoms with Crippen LogP contribution >= 0.6 is 11.3 Å². The molecule has 12 rings (SSSR count). The number of pyridine rings is 1. The number of aliphatic hydroxyl groups excluding tert-OH is 1. The molecule has 5 saturated heterocycles. The highest BCUT2D eigenvalue weighted by molar-refractivity contribution is 7.13. The quantitative estimate of drug-likeness (QED) is 0.0686. The van der Waals surface area contributed by atoms with Crippen molar-refractivity contribution in [2.24, 2.45) is 5.92 Å². The monoisotopic (exact) mass is 1140 g/mol. The SMILES string of the molecule is Cc1ncsc1-c1ccc([C@H](C)NC(=O)[C@@H]2C[C@@H](O)CN2C(=O)[C@@H](c2cc(N3CCC(N4CCN(CCOC5CC(Oc6cc(N7C8CC[C@@H]7CN(c7cc(-c9ccccc9O)nnc7N)C8)ccn6)C5)CC4)CC3)no2)C(C)C)cc1. The lowest BCUT2D eigenvalue weighted by Gasteiger charge is -2.43. The first-order chi connectivity index (χ1) is 39.8. The summed E-state index contributed by atoms with van der Waals surface area (Å²) >= 11 is 1.60. The van der Waals surface area contributed by atoms with Crippen molar-refractivity contribution in [1.82, 2.24) is 45.3 Å². The Kier molecular flexibility index (Phi) is 16.4. The largest absolute Gasteiger partial charge is 0.507 e. The van der Waals surface area contributed by atoms with Gasteiger partial charge in [-0.3, -0.25) is 19.4 Å². The van der Waals surface area contributed by atoms with Gasteiger partial charge in [-0.25, -0.2) is 9.97 Å². The standard InChI is InChI=1S/C61H77N13O7S/c1-37(2)57(61(78)73-35-46(75)28-52(73)60(77)65-38(3)40-9-11-41(12-10-40)58-39(4)64-36-82-58)54-32-55(68-81-54)71-19-16-42(17-20-71)70-23-21-69(22-24-70)25-26-79-47-29-48(30-47)80-56-27-43(15-18-63-56)74-44-13-14-45(74)34-72(33-44)51-31-50(66-67-59(51)62)49-7-5-6-8-53(49)76/h5-12,15,18,27,31-32,36-38,42,44-48,52,57,75-76H,13-14,16-17,19-26,28-30,33-35H2,1-4H3,(H2,62,67)(H,65,77)/t38-,44+,45?,46+,47?,48?,52-,57+/m0/s1. The number of rotatable bonds is 18. The minimum Gasteiger partial charge on any atom is -0.507 e. The van der Waals surface area contributed by atoms with E-state index in [1.54, 1.807) is 23.5 Å². The third-order valence-corrected chi connectivity index (χ3v) is 19.0. The number of piperidine rings is 1. The van der Waals surface area contributed by atoms with Crippen molar-refractivity contribution in [3.63, 3.8) is 0 Å². The number of nitrogens with zero attached hydrogens (tertiary/aromatic N) is 11. The number of aromatic nitrogens is 5. The van der Waals surface area contributed by atoms with Crippen LogP contribution < -0.4 is 30.5 Å². The number of hydrogen-bond donors (Lipinski definition) is 4. The van der Waals surface area contributed by atoms with Crippen LogP contribution in [0.4, 0.5) is 23.0 Å². The van der Waals surface area contributed by atoms with Crippen LogP contribution in [0.15, 0.2) is 89.0 Å². The number of thiazole rings is 1. The molecule has 1 saturated carbocycles. The smallest absolute Gasteiger partial charge is 0.243 e. The Labute approximate surface area is 483 Å². The molecule has 434 valence electrons. The molecule has 5 N–H and O–H groups in total. The Morgan fingerprint density at radius 1 is 0.841 bits per heavy atom. The predicted octanol–water partition coefficient (Wildman–Crippen LogP) is 6.90. The number of benzene rings is 2. The van der Waals surface area contributed by atoms with Crippen LogP contribution in [0.3, 0.4) is 0 Å². The van der Waals surface area contributed by atoms with Gasteiger partial charge in [-0.1, -0.05) is 55.4 Å². The summed E-state index contributed by atoms with van der Waals surface area (Å²) in [6, 6.07) is 23.3. The Balaban J connectivity index is 0.554. The van der Waals surface area contributed by atoms with E-state index in [0.29, 0.717) is 53.4 Å². The number of phenols is 1. The van der Waals surface area contributed by atoms with Crippen molar-refractivity contribution >= 4 is 46.2 Å². The van der Waals surface area contributed by atoms with Crippen molar-refractivity contribution in [1.29, 1.82) is 0 Å². The summed E-state index contributed by atoms with van der Waals surface area (Å²) in [5, 5.41) is 37.4. The number of anilines is 4. The maximum Gasteiger partial charge on any atom is 0.243 e. The Hall–Kier alpha value is -6.91. The average molecular weight is 1140 g/mol. The Morgan fingerprint density at radius 3 is 2.32 bits per heavy atom. The van der Waals surface area contributed by atoms with Gasteiger partial charge in [0.25, 0.3) is 0 Å². The van der Waals surface area contributed by atoms with E-state index >= 15 is 0 Å². The highest BCUT2D eigenvalue weighted by Gasteiger charge is 2.45. The third kappa shape index (κ3) is 11.8. The molecule has 9 heterocycles. The third-order valence-electron chi connectivity index (χ3n) is 18.0. The zero-order valence-electron chi connectivity index (χ0n) is 47.4. The van der Waals surface area contributed by atoms with E-state index in [2.05, 4.69) is 67.3 Å². The van der Waals surface area contributed by atoms with E-state index in [-0.39, 0.29) is 54.7 Å². The van der Waals surface area contributed by atoms with Gasteiger partial charge < -0.3 is 54.9 Å². The molecular weight excluding hydrogens is 1060 g/mol. The van der Waals surface area contributed by atoms with Crippen molar-refractivity contribution in [3.05, 3.63) is 102 Å². The summed E-state index contributed by atoms with van der Waals surface area (Å²) in [5.41, 5.74) is 14.5. The van der Waals surface area contributed by atoms with Crippen molar-refractivity contribution in [2.75, 3.05) is 92.5 Å².